The lowest BCUT2D eigenvalue weighted by molar-refractivity contribution is 0.0974. The van der Waals surface area contributed by atoms with Crippen LogP contribution in [-0.2, 0) is 6.54 Å². The molecule has 3 aromatic rings. The number of nitrogens with zero attached hydrogens (tertiary/aromatic N) is 2. The number of thiocarbonyl (C=S) groups is 1. The van der Waals surface area contributed by atoms with Crippen molar-refractivity contribution in [2.45, 2.75) is 6.54 Å². The molecule has 1 aliphatic rings. The van der Waals surface area contributed by atoms with E-state index in [9.17, 15) is 9.18 Å². The van der Waals surface area contributed by atoms with Crippen LogP contribution < -0.4 is 20.3 Å². The standard InChI is InChI=1S/C26H25Cl2FN4O2S/c1-35-24-21(14-18(27)15-22(24)28)25(34)31-26(36)30-19-6-8-20(9-7-19)33-12-10-32(11-13-33)16-17-4-2-3-5-23(17)29/h2-9,14-15H,10-13,16H2,1H3,(H2,30,31,34,36). The van der Waals surface area contributed by atoms with Crippen LogP contribution in [0.15, 0.2) is 60.7 Å². The highest BCUT2D eigenvalue weighted by Gasteiger charge is 2.19. The van der Waals surface area contributed by atoms with Crippen LogP contribution in [0, 0.1) is 5.82 Å². The van der Waals surface area contributed by atoms with Gasteiger partial charge < -0.3 is 15.0 Å². The van der Waals surface area contributed by atoms with Gasteiger partial charge in [0.2, 0.25) is 0 Å². The van der Waals surface area contributed by atoms with Crippen LogP contribution in [0.3, 0.4) is 0 Å². The van der Waals surface area contributed by atoms with E-state index in [1.807, 2.05) is 36.4 Å². The maximum absolute atomic E-state index is 13.9. The van der Waals surface area contributed by atoms with Gasteiger partial charge in [-0.3, -0.25) is 15.0 Å². The third-order valence-corrected chi connectivity index (χ3v) is 6.60. The van der Waals surface area contributed by atoms with E-state index in [1.165, 1.54) is 25.3 Å². The molecule has 0 spiro atoms. The van der Waals surface area contributed by atoms with Gasteiger partial charge in [0, 0.05) is 54.7 Å². The van der Waals surface area contributed by atoms with Crippen molar-refractivity contribution in [2.75, 3.05) is 43.5 Å². The molecule has 1 saturated heterocycles. The van der Waals surface area contributed by atoms with E-state index in [4.69, 9.17) is 40.2 Å². The lowest BCUT2D eigenvalue weighted by atomic mass is 10.1. The predicted octanol–water partition coefficient (Wildman–Crippen LogP) is 5.59. The van der Waals surface area contributed by atoms with E-state index in [2.05, 4.69) is 20.4 Å². The second-order valence-electron chi connectivity index (χ2n) is 8.28. The molecule has 1 fully saturated rings. The zero-order valence-corrected chi connectivity index (χ0v) is 21.9. The summed E-state index contributed by atoms with van der Waals surface area (Å²) >= 11 is 17.4. The monoisotopic (exact) mass is 546 g/mol. The number of ether oxygens (including phenoxy) is 1. The summed E-state index contributed by atoms with van der Waals surface area (Å²) in [5.74, 6) is -0.425. The number of rotatable bonds is 6. The molecule has 3 aromatic carbocycles. The molecule has 0 bridgehead atoms. The molecular formula is C26H25Cl2FN4O2S. The molecule has 0 saturated carbocycles. The molecule has 36 heavy (non-hydrogen) atoms. The molecule has 0 radical (unpaired) electrons. The van der Waals surface area contributed by atoms with Gasteiger partial charge in [-0.15, -0.1) is 0 Å². The highest BCUT2D eigenvalue weighted by Crippen LogP contribution is 2.32. The summed E-state index contributed by atoms with van der Waals surface area (Å²) < 4.78 is 19.2. The van der Waals surface area contributed by atoms with Crippen molar-refractivity contribution in [2.24, 2.45) is 0 Å². The van der Waals surface area contributed by atoms with E-state index in [0.29, 0.717) is 11.6 Å². The number of nitrogens with one attached hydrogen (secondary N) is 2. The van der Waals surface area contributed by atoms with Gasteiger partial charge in [-0.1, -0.05) is 41.4 Å². The molecule has 1 aliphatic heterocycles. The second-order valence-corrected chi connectivity index (χ2v) is 9.53. The van der Waals surface area contributed by atoms with E-state index in [0.717, 1.165) is 43.1 Å². The Balaban J connectivity index is 1.30. The summed E-state index contributed by atoms with van der Waals surface area (Å²) in [5.41, 5.74) is 2.72. The Morgan fingerprint density at radius 1 is 1.06 bits per heavy atom. The summed E-state index contributed by atoms with van der Waals surface area (Å²) in [4.78, 5) is 17.2. The molecule has 0 unspecified atom stereocenters. The zero-order chi connectivity index (χ0) is 25.7. The Morgan fingerprint density at radius 2 is 1.75 bits per heavy atom. The van der Waals surface area contributed by atoms with Crippen molar-refractivity contribution >= 4 is 57.8 Å². The Kier molecular flexibility index (Phi) is 8.64. The summed E-state index contributed by atoms with van der Waals surface area (Å²) in [7, 11) is 1.42. The van der Waals surface area contributed by atoms with Crippen molar-refractivity contribution in [3.05, 3.63) is 87.7 Å². The number of hydrogen-bond donors (Lipinski definition) is 2. The van der Waals surface area contributed by atoms with Crippen LogP contribution in [-0.4, -0.2) is 49.2 Å². The summed E-state index contributed by atoms with van der Waals surface area (Å²) in [6, 6.07) is 17.7. The van der Waals surface area contributed by atoms with Crippen molar-refractivity contribution in [1.29, 1.82) is 0 Å². The molecule has 10 heteroatoms. The molecule has 4 rings (SSSR count). The molecule has 0 aromatic heterocycles. The first-order valence-corrected chi connectivity index (χ1v) is 12.5. The summed E-state index contributed by atoms with van der Waals surface area (Å²) in [6.07, 6.45) is 0. The Morgan fingerprint density at radius 3 is 2.42 bits per heavy atom. The fourth-order valence-corrected chi connectivity index (χ4v) is 4.84. The average Bonchev–Trinajstić information content (AvgIpc) is 2.86. The van der Waals surface area contributed by atoms with Gasteiger partial charge in [-0.05, 0) is 54.7 Å². The van der Waals surface area contributed by atoms with Gasteiger partial charge in [0.1, 0.15) is 11.6 Å². The number of benzene rings is 3. The van der Waals surface area contributed by atoms with Gasteiger partial charge >= 0.3 is 0 Å². The topological polar surface area (TPSA) is 56.8 Å². The highest BCUT2D eigenvalue weighted by molar-refractivity contribution is 7.80. The number of hydrogen-bond acceptors (Lipinski definition) is 5. The Labute approximate surface area is 224 Å². The summed E-state index contributed by atoms with van der Waals surface area (Å²) in [6.45, 7) is 4.00. The zero-order valence-electron chi connectivity index (χ0n) is 19.6. The van der Waals surface area contributed by atoms with Gasteiger partial charge in [-0.2, -0.15) is 0 Å². The molecule has 188 valence electrons. The molecule has 6 nitrogen and oxygen atoms in total. The number of piperazine rings is 1. The fraction of sp³-hybridized carbons (Fsp3) is 0.231. The minimum absolute atomic E-state index is 0.132. The first-order chi connectivity index (χ1) is 17.3. The molecular weight excluding hydrogens is 522 g/mol. The molecule has 0 atom stereocenters. The van der Waals surface area contributed by atoms with Gasteiger partial charge in [-0.25, -0.2) is 4.39 Å². The maximum Gasteiger partial charge on any atom is 0.261 e. The van der Waals surface area contributed by atoms with Crippen LogP contribution >= 0.6 is 35.4 Å². The van der Waals surface area contributed by atoms with E-state index < -0.39 is 5.91 Å². The average molecular weight is 547 g/mol. The van der Waals surface area contributed by atoms with E-state index in [-0.39, 0.29) is 27.3 Å². The van der Waals surface area contributed by atoms with Crippen LogP contribution in [0.25, 0.3) is 0 Å². The smallest absolute Gasteiger partial charge is 0.261 e. The van der Waals surface area contributed by atoms with Crippen molar-refractivity contribution in [3.8, 4) is 5.75 Å². The first-order valence-electron chi connectivity index (χ1n) is 11.3. The Hall–Kier alpha value is -2.91. The normalized spacial score (nSPS) is 13.8. The maximum atomic E-state index is 13.9. The van der Waals surface area contributed by atoms with Gasteiger partial charge in [0.05, 0.1) is 17.7 Å². The number of carbonyl (C=O) groups excluding carboxylic acids is 1. The SMILES string of the molecule is COc1c(Cl)cc(Cl)cc1C(=O)NC(=S)Nc1ccc(N2CCN(Cc3ccccc3F)CC2)cc1. The summed E-state index contributed by atoms with van der Waals surface area (Å²) in [5, 5.41) is 6.31. The second kappa shape index (κ2) is 11.9. The largest absolute Gasteiger partial charge is 0.494 e. The van der Waals surface area contributed by atoms with Crippen molar-refractivity contribution in [3.63, 3.8) is 0 Å². The van der Waals surface area contributed by atoms with E-state index >= 15 is 0 Å². The van der Waals surface area contributed by atoms with Crippen LogP contribution in [0.5, 0.6) is 5.75 Å². The quantitative estimate of drug-likeness (QED) is 0.393. The number of halogens is 3. The number of methoxy groups -OCH3 is 1. The van der Waals surface area contributed by atoms with Gasteiger partial charge in [0.15, 0.2) is 5.11 Å². The molecule has 1 heterocycles. The molecule has 0 aliphatic carbocycles. The van der Waals surface area contributed by atoms with Crippen LogP contribution in [0.1, 0.15) is 15.9 Å². The van der Waals surface area contributed by atoms with Crippen LogP contribution in [0.2, 0.25) is 10.0 Å². The lowest BCUT2D eigenvalue weighted by Crippen LogP contribution is -2.46. The third kappa shape index (κ3) is 6.44. The van der Waals surface area contributed by atoms with Crippen LogP contribution in [0.4, 0.5) is 15.8 Å². The van der Waals surface area contributed by atoms with Crippen molar-refractivity contribution in [1.82, 2.24) is 10.2 Å². The number of amides is 1. The minimum atomic E-state index is -0.487. The first kappa shape index (κ1) is 26.2. The number of anilines is 2. The lowest BCUT2D eigenvalue weighted by Gasteiger charge is -2.36. The fourth-order valence-electron chi connectivity index (χ4n) is 4.06. The molecule has 1 amide bonds. The predicted molar refractivity (Wildman–Crippen MR) is 147 cm³/mol. The number of carbonyl (C=O) groups is 1. The van der Waals surface area contributed by atoms with Gasteiger partial charge in [0.25, 0.3) is 5.91 Å². The third-order valence-electron chi connectivity index (χ3n) is 5.90. The minimum Gasteiger partial charge on any atom is -0.494 e. The van der Waals surface area contributed by atoms with E-state index in [1.54, 1.807) is 6.07 Å². The Bertz CT molecular complexity index is 1250. The molecule has 2 N–H and O–H groups in total. The highest BCUT2D eigenvalue weighted by atomic mass is 35.5. The van der Waals surface area contributed by atoms with Crippen molar-refractivity contribution < 1.29 is 13.9 Å².